The minimum Gasteiger partial charge on any atom is -0.455 e. The lowest BCUT2D eigenvalue weighted by atomic mass is 10.1. The Morgan fingerprint density at radius 1 is 1.17 bits per heavy atom. The molecule has 0 amide bonds. The molecular weight excluding hydrogens is 324 g/mol. The Labute approximate surface area is 141 Å². The number of hydrogen-bond acceptors (Lipinski definition) is 6. The summed E-state index contributed by atoms with van der Waals surface area (Å²) in [6.07, 6.45) is 3.20. The number of thiophene rings is 1. The second-order valence-electron chi connectivity index (χ2n) is 5.07. The van der Waals surface area contributed by atoms with Gasteiger partial charge in [-0.1, -0.05) is 18.2 Å². The zero-order chi connectivity index (χ0) is 16.4. The van der Waals surface area contributed by atoms with E-state index in [0.29, 0.717) is 17.1 Å². The van der Waals surface area contributed by atoms with Gasteiger partial charge in [0.2, 0.25) is 5.89 Å². The van der Waals surface area contributed by atoms with Crippen molar-refractivity contribution in [2.45, 2.75) is 6.61 Å². The van der Waals surface area contributed by atoms with E-state index in [1.54, 1.807) is 35.7 Å². The van der Waals surface area contributed by atoms with Crippen molar-refractivity contribution >= 4 is 28.2 Å². The number of benzene rings is 1. The molecule has 0 saturated heterocycles. The number of hydrogen-bond donors (Lipinski definition) is 0. The molecule has 0 N–H and O–H groups in total. The minimum absolute atomic E-state index is 0.0599. The number of fused-ring (bicyclic) bond motifs is 1. The molecule has 0 aliphatic heterocycles. The zero-order valence-corrected chi connectivity index (χ0v) is 13.3. The van der Waals surface area contributed by atoms with Gasteiger partial charge in [-0.25, -0.2) is 9.78 Å². The maximum Gasteiger partial charge on any atom is 0.339 e. The molecule has 6 heteroatoms. The molecule has 4 rings (SSSR count). The molecule has 0 aliphatic carbocycles. The van der Waals surface area contributed by atoms with Crippen LogP contribution in [0.15, 0.2) is 64.7 Å². The monoisotopic (exact) mass is 336 g/mol. The predicted octanol–water partition coefficient (Wildman–Crippen LogP) is 4.31. The van der Waals surface area contributed by atoms with Crippen LogP contribution in [0.3, 0.4) is 0 Å². The van der Waals surface area contributed by atoms with Gasteiger partial charge in [0.25, 0.3) is 0 Å². The second kappa shape index (κ2) is 6.25. The summed E-state index contributed by atoms with van der Waals surface area (Å²) in [7, 11) is 0. The lowest BCUT2D eigenvalue weighted by molar-refractivity contribution is 0.0470. The van der Waals surface area contributed by atoms with E-state index in [4.69, 9.17) is 9.15 Å². The Hall–Kier alpha value is -2.99. The summed E-state index contributed by atoms with van der Waals surface area (Å²) < 4.78 is 10.8. The number of rotatable bonds is 4. The Morgan fingerprint density at radius 3 is 3.00 bits per heavy atom. The number of aromatic nitrogens is 2. The predicted molar refractivity (Wildman–Crippen MR) is 90.7 cm³/mol. The third-order valence-corrected chi connectivity index (χ3v) is 4.36. The van der Waals surface area contributed by atoms with Crippen LogP contribution in [-0.4, -0.2) is 15.9 Å². The van der Waals surface area contributed by atoms with E-state index in [1.807, 2.05) is 29.6 Å². The maximum atomic E-state index is 12.4. The van der Waals surface area contributed by atoms with Gasteiger partial charge in [-0.3, -0.25) is 4.98 Å². The van der Waals surface area contributed by atoms with E-state index in [-0.39, 0.29) is 6.61 Å². The highest BCUT2D eigenvalue weighted by atomic mass is 32.1. The molecule has 0 unspecified atom stereocenters. The Bertz CT molecular complexity index is 987. The number of oxazole rings is 1. The smallest absolute Gasteiger partial charge is 0.339 e. The highest BCUT2D eigenvalue weighted by Crippen LogP contribution is 2.24. The van der Waals surface area contributed by atoms with Crippen molar-refractivity contribution in [3.05, 3.63) is 71.6 Å². The van der Waals surface area contributed by atoms with E-state index in [1.165, 1.54) is 6.26 Å². The van der Waals surface area contributed by atoms with E-state index in [9.17, 15) is 4.79 Å². The Kier molecular flexibility index (Phi) is 3.80. The summed E-state index contributed by atoms with van der Waals surface area (Å²) in [6, 6.07) is 12.9. The van der Waals surface area contributed by atoms with Crippen LogP contribution in [0.2, 0.25) is 0 Å². The molecule has 118 valence electrons. The first-order valence-corrected chi connectivity index (χ1v) is 8.18. The fraction of sp³-hybridized carbons (Fsp3) is 0.0556. The van der Waals surface area contributed by atoms with Crippen molar-refractivity contribution in [2.75, 3.05) is 0 Å². The molecular formula is C18H12N2O3S. The molecule has 3 aromatic heterocycles. The fourth-order valence-electron chi connectivity index (χ4n) is 2.39. The molecule has 5 nitrogen and oxygen atoms in total. The molecule has 3 heterocycles. The summed E-state index contributed by atoms with van der Waals surface area (Å²) in [6.45, 7) is 0.0599. The van der Waals surface area contributed by atoms with Crippen LogP contribution in [-0.2, 0) is 11.3 Å². The van der Waals surface area contributed by atoms with E-state index < -0.39 is 5.97 Å². The largest absolute Gasteiger partial charge is 0.455 e. The van der Waals surface area contributed by atoms with Gasteiger partial charge in [-0.15, -0.1) is 11.3 Å². The molecule has 0 aliphatic rings. The van der Waals surface area contributed by atoms with Gasteiger partial charge in [0.15, 0.2) is 0 Å². The molecule has 1 aromatic carbocycles. The van der Waals surface area contributed by atoms with Crippen molar-refractivity contribution < 1.29 is 13.9 Å². The quantitative estimate of drug-likeness (QED) is 0.520. The van der Waals surface area contributed by atoms with Crippen LogP contribution in [0.4, 0.5) is 0 Å². The SMILES string of the molecule is O=C(OCc1coc(-c2cccs2)n1)c1cccc2ncccc12. The highest BCUT2D eigenvalue weighted by Gasteiger charge is 2.14. The molecule has 0 atom stereocenters. The van der Waals surface area contributed by atoms with Crippen LogP contribution in [0.25, 0.3) is 21.7 Å². The summed E-state index contributed by atoms with van der Waals surface area (Å²) in [5, 5.41) is 2.72. The first kappa shape index (κ1) is 14.6. The van der Waals surface area contributed by atoms with Gasteiger partial charge in [-0.2, -0.15) is 0 Å². The summed E-state index contributed by atoms with van der Waals surface area (Å²) >= 11 is 1.54. The number of pyridine rings is 1. The van der Waals surface area contributed by atoms with Gasteiger partial charge in [0, 0.05) is 11.6 Å². The van der Waals surface area contributed by atoms with Crippen molar-refractivity contribution in [3.8, 4) is 10.8 Å². The van der Waals surface area contributed by atoms with Gasteiger partial charge >= 0.3 is 5.97 Å². The zero-order valence-electron chi connectivity index (χ0n) is 12.5. The summed E-state index contributed by atoms with van der Waals surface area (Å²) in [5.74, 6) is 0.125. The average Bonchev–Trinajstić information content (AvgIpc) is 3.30. The van der Waals surface area contributed by atoms with Crippen LogP contribution < -0.4 is 0 Å². The van der Waals surface area contributed by atoms with Crippen LogP contribution in [0.1, 0.15) is 16.1 Å². The van der Waals surface area contributed by atoms with Crippen molar-refractivity contribution in [3.63, 3.8) is 0 Å². The topological polar surface area (TPSA) is 65.2 Å². The van der Waals surface area contributed by atoms with Gasteiger partial charge in [0.05, 0.1) is 16.0 Å². The number of carbonyl (C=O) groups excluding carboxylic acids is 1. The van der Waals surface area contributed by atoms with E-state index in [0.717, 1.165) is 15.8 Å². The van der Waals surface area contributed by atoms with Gasteiger partial charge < -0.3 is 9.15 Å². The Morgan fingerprint density at radius 2 is 2.12 bits per heavy atom. The fourth-order valence-corrected chi connectivity index (χ4v) is 3.04. The van der Waals surface area contributed by atoms with Crippen molar-refractivity contribution in [2.24, 2.45) is 0 Å². The van der Waals surface area contributed by atoms with Crippen LogP contribution in [0.5, 0.6) is 0 Å². The van der Waals surface area contributed by atoms with E-state index in [2.05, 4.69) is 9.97 Å². The van der Waals surface area contributed by atoms with Crippen LogP contribution >= 0.6 is 11.3 Å². The maximum absolute atomic E-state index is 12.4. The third-order valence-electron chi connectivity index (χ3n) is 3.50. The lowest BCUT2D eigenvalue weighted by Gasteiger charge is -2.05. The van der Waals surface area contributed by atoms with Crippen LogP contribution in [0, 0.1) is 0 Å². The molecule has 24 heavy (non-hydrogen) atoms. The lowest BCUT2D eigenvalue weighted by Crippen LogP contribution is -2.06. The summed E-state index contributed by atoms with van der Waals surface area (Å²) in [5.41, 5.74) is 1.82. The number of nitrogens with zero attached hydrogens (tertiary/aromatic N) is 2. The minimum atomic E-state index is -0.408. The van der Waals surface area contributed by atoms with Gasteiger partial charge in [0.1, 0.15) is 18.6 Å². The second-order valence-corrected chi connectivity index (χ2v) is 6.02. The molecule has 4 aromatic rings. The normalized spacial score (nSPS) is 10.8. The van der Waals surface area contributed by atoms with Gasteiger partial charge in [-0.05, 0) is 29.6 Å². The molecule has 0 radical (unpaired) electrons. The third kappa shape index (κ3) is 2.79. The molecule has 0 saturated carbocycles. The number of esters is 1. The first-order chi connectivity index (χ1) is 11.8. The number of ether oxygens (including phenoxy) is 1. The van der Waals surface area contributed by atoms with E-state index >= 15 is 0 Å². The molecule has 0 fully saturated rings. The Balaban J connectivity index is 1.50. The molecule has 0 bridgehead atoms. The van der Waals surface area contributed by atoms with Crippen molar-refractivity contribution in [1.29, 1.82) is 0 Å². The molecule has 0 spiro atoms. The number of carbonyl (C=O) groups is 1. The van der Waals surface area contributed by atoms with Crippen molar-refractivity contribution in [1.82, 2.24) is 9.97 Å². The first-order valence-electron chi connectivity index (χ1n) is 7.30. The highest BCUT2D eigenvalue weighted by molar-refractivity contribution is 7.13. The average molecular weight is 336 g/mol. The standard InChI is InChI=1S/C18H12N2O3S/c21-18(14-4-1-6-15-13(14)5-2-8-19-15)23-11-12-10-22-17(20-12)16-7-3-9-24-16/h1-10H,11H2. The summed E-state index contributed by atoms with van der Waals surface area (Å²) in [4.78, 5) is 21.9.